The summed E-state index contributed by atoms with van der Waals surface area (Å²) in [6, 6.07) is 7.86. The highest BCUT2D eigenvalue weighted by atomic mass is 16.5. The molecule has 0 heterocycles. The second-order valence-corrected chi connectivity index (χ2v) is 4.20. The number of hydrogen-bond acceptors (Lipinski definition) is 3. The highest BCUT2D eigenvalue weighted by Gasteiger charge is 2.11. The summed E-state index contributed by atoms with van der Waals surface area (Å²) in [4.78, 5) is 11.7. The summed E-state index contributed by atoms with van der Waals surface area (Å²) in [7, 11) is 1.62. The number of ether oxygens (including phenoxy) is 1. The van der Waals surface area contributed by atoms with Gasteiger partial charge >= 0.3 is 0 Å². The lowest BCUT2D eigenvalue weighted by molar-refractivity contribution is -0.121. The number of carbonyl (C=O) groups excluding carboxylic acids is 1. The SMILES string of the molecule is CCc1cccc(NC(C)C(=O)NCCOC)c1. The van der Waals surface area contributed by atoms with Crippen LogP contribution < -0.4 is 10.6 Å². The minimum atomic E-state index is -0.256. The van der Waals surface area contributed by atoms with Gasteiger partial charge < -0.3 is 15.4 Å². The third kappa shape index (κ3) is 4.75. The van der Waals surface area contributed by atoms with Gasteiger partial charge in [-0.15, -0.1) is 0 Å². The van der Waals surface area contributed by atoms with Crippen LogP contribution in [0.2, 0.25) is 0 Å². The van der Waals surface area contributed by atoms with Crippen LogP contribution in [-0.2, 0) is 16.0 Å². The van der Waals surface area contributed by atoms with Crippen LogP contribution in [0.4, 0.5) is 5.69 Å². The van der Waals surface area contributed by atoms with E-state index < -0.39 is 0 Å². The molecule has 4 heteroatoms. The van der Waals surface area contributed by atoms with Crippen molar-refractivity contribution in [1.82, 2.24) is 5.32 Å². The van der Waals surface area contributed by atoms with Crippen molar-refractivity contribution in [1.29, 1.82) is 0 Å². The zero-order valence-electron chi connectivity index (χ0n) is 11.3. The fourth-order valence-electron chi connectivity index (χ4n) is 1.63. The molecule has 18 heavy (non-hydrogen) atoms. The Labute approximate surface area is 109 Å². The van der Waals surface area contributed by atoms with E-state index in [9.17, 15) is 4.79 Å². The maximum absolute atomic E-state index is 11.7. The molecule has 1 atom stereocenters. The third-order valence-electron chi connectivity index (χ3n) is 2.72. The molecule has 0 bridgehead atoms. The van der Waals surface area contributed by atoms with Crippen molar-refractivity contribution in [2.24, 2.45) is 0 Å². The molecule has 1 aromatic rings. The van der Waals surface area contributed by atoms with Gasteiger partial charge in [-0.25, -0.2) is 0 Å². The Morgan fingerprint density at radius 3 is 2.89 bits per heavy atom. The maximum atomic E-state index is 11.7. The van der Waals surface area contributed by atoms with Crippen molar-refractivity contribution in [2.75, 3.05) is 25.6 Å². The molecule has 1 unspecified atom stereocenters. The Morgan fingerprint density at radius 1 is 1.44 bits per heavy atom. The minimum absolute atomic E-state index is 0.0195. The number of anilines is 1. The van der Waals surface area contributed by atoms with Gasteiger partial charge in [0.25, 0.3) is 0 Å². The molecule has 100 valence electrons. The average molecular weight is 250 g/mol. The maximum Gasteiger partial charge on any atom is 0.242 e. The second kappa shape index (κ2) is 7.71. The molecule has 0 aliphatic carbocycles. The first-order chi connectivity index (χ1) is 8.67. The number of amides is 1. The van der Waals surface area contributed by atoms with Crippen LogP contribution in [0.15, 0.2) is 24.3 Å². The van der Waals surface area contributed by atoms with Crippen molar-refractivity contribution < 1.29 is 9.53 Å². The molecule has 0 spiro atoms. The monoisotopic (exact) mass is 250 g/mol. The van der Waals surface area contributed by atoms with Crippen LogP contribution in [0.5, 0.6) is 0 Å². The average Bonchev–Trinajstić information content (AvgIpc) is 2.39. The molecule has 0 saturated heterocycles. The van der Waals surface area contributed by atoms with Crippen LogP contribution in [-0.4, -0.2) is 32.2 Å². The molecule has 1 rings (SSSR count). The number of aryl methyl sites for hydroxylation is 1. The first-order valence-electron chi connectivity index (χ1n) is 6.29. The Hall–Kier alpha value is -1.55. The molecule has 1 aromatic carbocycles. The Morgan fingerprint density at radius 2 is 2.22 bits per heavy atom. The predicted octanol–water partition coefficient (Wildman–Crippen LogP) is 1.81. The van der Waals surface area contributed by atoms with Gasteiger partial charge in [-0.3, -0.25) is 4.79 Å². The number of hydrogen-bond donors (Lipinski definition) is 2. The number of methoxy groups -OCH3 is 1. The molecule has 1 amide bonds. The molecule has 4 nitrogen and oxygen atoms in total. The van der Waals surface area contributed by atoms with Crippen molar-refractivity contribution in [3.63, 3.8) is 0 Å². The number of nitrogens with one attached hydrogen (secondary N) is 2. The summed E-state index contributed by atoms with van der Waals surface area (Å²) in [5.41, 5.74) is 2.23. The van der Waals surface area contributed by atoms with Crippen molar-refractivity contribution >= 4 is 11.6 Å². The highest BCUT2D eigenvalue weighted by Crippen LogP contribution is 2.12. The summed E-state index contributed by atoms with van der Waals surface area (Å²) >= 11 is 0. The van der Waals surface area contributed by atoms with E-state index in [1.165, 1.54) is 5.56 Å². The van der Waals surface area contributed by atoms with E-state index in [1.54, 1.807) is 7.11 Å². The molecule has 0 aliphatic rings. The van der Waals surface area contributed by atoms with E-state index in [0.29, 0.717) is 13.2 Å². The van der Waals surface area contributed by atoms with Crippen LogP contribution in [0, 0.1) is 0 Å². The first kappa shape index (κ1) is 14.5. The molecule has 0 aliphatic heterocycles. The standard InChI is InChI=1S/C14H22N2O2/c1-4-12-6-5-7-13(10-12)16-11(2)14(17)15-8-9-18-3/h5-7,10-11,16H,4,8-9H2,1-3H3,(H,15,17). The fraction of sp³-hybridized carbons (Fsp3) is 0.500. The zero-order valence-corrected chi connectivity index (χ0v) is 11.3. The fourth-order valence-corrected chi connectivity index (χ4v) is 1.63. The smallest absolute Gasteiger partial charge is 0.242 e. The van der Waals surface area contributed by atoms with Crippen molar-refractivity contribution in [3.05, 3.63) is 29.8 Å². The summed E-state index contributed by atoms with van der Waals surface area (Å²) in [5.74, 6) is -0.0195. The van der Waals surface area contributed by atoms with Gasteiger partial charge in [0.05, 0.1) is 6.61 Å². The van der Waals surface area contributed by atoms with Crippen molar-refractivity contribution in [3.8, 4) is 0 Å². The molecule has 0 saturated carbocycles. The summed E-state index contributed by atoms with van der Waals surface area (Å²) < 4.78 is 4.89. The molecular formula is C14H22N2O2. The lowest BCUT2D eigenvalue weighted by Crippen LogP contribution is -2.39. The summed E-state index contributed by atoms with van der Waals surface area (Å²) in [6.07, 6.45) is 0.990. The lowest BCUT2D eigenvalue weighted by atomic mass is 10.1. The van der Waals surface area contributed by atoms with Crippen LogP contribution in [0.1, 0.15) is 19.4 Å². The Balaban J connectivity index is 2.47. The van der Waals surface area contributed by atoms with E-state index in [1.807, 2.05) is 19.1 Å². The predicted molar refractivity (Wildman–Crippen MR) is 73.8 cm³/mol. The summed E-state index contributed by atoms with van der Waals surface area (Å²) in [6.45, 7) is 5.03. The van der Waals surface area contributed by atoms with Crippen LogP contribution in [0.25, 0.3) is 0 Å². The van der Waals surface area contributed by atoms with Gasteiger partial charge in [0.2, 0.25) is 5.91 Å². The highest BCUT2D eigenvalue weighted by molar-refractivity contribution is 5.84. The molecule has 0 radical (unpaired) electrons. The Bertz CT molecular complexity index is 380. The van der Waals surface area contributed by atoms with Crippen LogP contribution in [0.3, 0.4) is 0 Å². The zero-order chi connectivity index (χ0) is 13.4. The third-order valence-corrected chi connectivity index (χ3v) is 2.72. The topological polar surface area (TPSA) is 50.4 Å². The van der Waals surface area contributed by atoms with Gasteiger partial charge in [0.15, 0.2) is 0 Å². The minimum Gasteiger partial charge on any atom is -0.383 e. The van der Waals surface area contributed by atoms with Gasteiger partial charge in [-0.1, -0.05) is 19.1 Å². The van der Waals surface area contributed by atoms with Crippen LogP contribution >= 0.6 is 0 Å². The quantitative estimate of drug-likeness (QED) is 0.726. The second-order valence-electron chi connectivity index (χ2n) is 4.20. The Kier molecular flexibility index (Phi) is 6.22. The van der Waals surface area contributed by atoms with Gasteiger partial charge in [0.1, 0.15) is 6.04 Å². The molecule has 2 N–H and O–H groups in total. The number of benzene rings is 1. The van der Waals surface area contributed by atoms with E-state index in [2.05, 4.69) is 29.7 Å². The van der Waals surface area contributed by atoms with Crippen molar-refractivity contribution in [2.45, 2.75) is 26.3 Å². The van der Waals surface area contributed by atoms with E-state index >= 15 is 0 Å². The summed E-state index contributed by atoms with van der Waals surface area (Å²) in [5, 5.41) is 6.00. The van der Waals surface area contributed by atoms with Gasteiger partial charge in [0, 0.05) is 19.3 Å². The van der Waals surface area contributed by atoms with Gasteiger partial charge in [-0.05, 0) is 31.0 Å². The number of rotatable bonds is 7. The van der Waals surface area contributed by atoms with Gasteiger partial charge in [-0.2, -0.15) is 0 Å². The molecule has 0 fully saturated rings. The first-order valence-corrected chi connectivity index (χ1v) is 6.29. The van der Waals surface area contributed by atoms with E-state index in [0.717, 1.165) is 12.1 Å². The normalized spacial score (nSPS) is 11.9. The van der Waals surface area contributed by atoms with E-state index in [-0.39, 0.29) is 11.9 Å². The van der Waals surface area contributed by atoms with E-state index in [4.69, 9.17) is 4.74 Å². The lowest BCUT2D eigenvalue weighted by Gasteiger charge is -2.15. The number of carbonyl (C=O) groups is 1. The largest absolute Gasteiger partial charge is 0.383 e. The molecular weight excluding hydrogens is 228 g/mol. The molecule has 0 aromatic heterocycles.